The van der Waals surface area contributed by atoms with Crippen LogP contribution >= 0.6 is 0 Å². The monoisotopic (exact) mass is 1530 g/mol. The number of ketones is 4. The number of hydrogen-bond donors (Lipinski definition) is 4. The molecule has 11 aliphatic rings. The molecule has 10 aromatic rings. The molecule has 114 heavy (non-hydrogen) atoms. The van der Waals surface area contributed by atoms with Crippen molar-refractivity contribution >= 4 is 114 Å². The number of H-pyrrole nitrogens is 4. The SMILES string of the molecule is CCC/C=C/[C@@H]1c2[nH]c3ccccc3c2C[C@@H]2C(=O)N(C)CC(=O)N21.CN1CC(=O)N2[C@@H](C3CC=CCC3)c3[nH]c4ccccc4c3C[C@H]2C1=O.CN1CC(=O)N2[C@H](Cc3c([nH]c4ccccc34)[C@H]2C2C(=O)c3ccccc3C2=O)C1=O.COc1ccc2c(c1)C(=O)C1(C2=O)c2[nH]c3ccccc3c2CC2C(=O)N(C)CC(=O)N21. The van der Waals surface area contributed by atoms with Gasteiger partial charge in [-0.25, -0.2) is 0 Å². The minimum absolute atomic E-state index is 0.0163. The van der Waals surface area contributed by atoms with Crippen molar-refractivity contribution in [1.82, 2.24) is 59.1 Å². The Morgan fingerprint density at radius 3 is 1.39 bits per heavy atom. The average Bonchev–Trinajstić information content (AvgIpc) is 1.50. The molecule has 9 atom stereocenters. The first-order valence-corrected chi connectivity index (χ1v) is 39.0. The highest BCUT2D eigenvalue weighted by Gasteiger charge is 2.67. The number of aromatic amines is 4. The summed E-state index contributed by atoms with van der Waals surface area (Å²) in [6, 6.07) is 39.6. The number of Topliss-reactive ketones (excluding diaryl/α,β-unsaturated/α-hetero) is 4. The first-order chi connectivity index (χ1) is 55.1. The molecule has 0 radical (unpaired) electrons. The summed E-state index contributed by atoms with van der Waals surface area (Å²) >= 11 is 0. The molecule has 25 heteroatoms. The Labute approximate surface area is 654 Å². The van der Waals surface area contributed by atoms with Crippen molar-refractivity contribution in [2.24, 2.45) is 11.8 Å². The van der Waals surface area contributed by atoms with Crippen LogP contribution in [0.5, 0.6) is 5.75 Å². The van der Waals surface area contributed by atoms with E-state index in [2.05, 4.69) is 75.4 Å². The summed E-state index contributed by atoms with van der Waals surface area (Å²) in [4.78, 5) is 185. The quantitative estimate of drug-likeness (QED) is 0.0892. The maximum absolute atomic E-state index is 14.1. The fourth-order valence-electron chi connectivity index (χ4n) is 20.0. The predicted octanol–water partition coefficient (Wildman–Crippen LogP) is 9.39. The molecule has 12 heterocycles. The van der Waals surface area contributed by atoms with Gasteiger partial charge in [-0.15, -0.1) is 0 Å². The Balaban J connectivity index is 0.000000106. The molecule has 4 saturated heterocycles. The second-order valence-electron chi connectivity index (χ2n) is 31.7. The predicted molar refractivity (Wildman–Crippen MR) is 422 cm³/mol. The highest BCUT2D eigenvalue weighted by molar-refractivity contribution is 6.35. The number of amides is 8. The Morgan fingerprint density at radius 2 is 0.877 bits per heavy atom. The molecule has 1 spiro atoms. The van der Waals surface area contributed by atoms with E-state index in [1.807, 2.05) is 77.7 Å². The summed E-state index contributed by atoms with van der Waals surface area (Å²) in [7, 11) is 8.10. The molecule has 4 N–H and O–H groups in total. The lowest BCUT2D eigenvalue weighted by atomic mass is 9.76. The van der Waals surface area contributed by atoms with Gasteiger partial charge in [0.15, 0.2) is 11.6 Å². The van der Waals surface area contributed by atoms with Crippen molar-refractivity contribution in [1.29, 1.82) is 0 Å². The number of unbranched alkanes of at least 4 members (excludes halogenated alkanes) is 1. The van der Waals surface area contributed by atoms with E-state index in [4.69, 9.17) is 4.74 Å². The number of carbonyl (C=O) groups is 12. The number of benzene rings is 6. The molecule has 3 aliphatic carbocycles. The molecule has 8 aliphatic heterocycles. The van der Waals surface area contributed by atoms with E-state index in [1.54, 1.807) is 79.3 Å². The topological polar surface area (TPSA) is 303 Å². The summed E-state index contributed by atoms with van der Waals surface area (Å²) in [5.74, 6) is -2.82. The zero-order valence-corrected chi connectivity index (χ0v) is 63.9. The van der Waals surface area contributed by atoms with Gasteiger partial charge in [0.25, 0.3) is 0 Å². The Hall–Kier alpha value is -12.8. The van der Waals surface area contributed by atoms with E-state index in [0.29, 0.717) is 53.4 Å². The highest BCUT2D eigenvalue weighted by Crippen LogP contribution is 2.53. The first kappa shape index (κ1) is 72.7. The highest BCUT2D eigenvalue weighted by atomic mass is 16.5. The zero-order chi connectivity index (χ0) is 79.2. The molecular weight excluding hydrogens is 1450 g/mol. The van der Waals surface area contributed by atoms with Crippen molar-refractivity contribution in [3.05, 3.63) is 231 Å². The van der Waals surface area contributed by atoms with E-state index < -0.39 is 53.1 Å². The number of methoxy groups -OCH3 is 1. The second-order valence-corrected chi connectivity index (χ2v) is 31.7. The van der Waals surface area contributed by atoms with Crippen LogP contribution in [0.2, 0.25) is 0 Å². The normalized spacial score (nSPS) is 24.8. The molecule has 0 saturated carbocycles. The Kier molecular flexibility index (Phi) is 17.8. The van der Waals surface area contributed by atoms with Crippen molar-refractivity contribution < 1.29 is 62.3 Å². The minimum atomic E-state index is -1.93. The Morgan fingerprint density at radius 1 is 0.447 bits per heavy atom. The van der Waals surface area contributed by atoms with E-state index in [0.717, 1.165) is 92.8 Å². The van der Waals surface area contributed by atoms with Crippen LogP contribution in [0.1, 0.15) is 144 Å². The van der Waals surface area contributed by atoms with Crippen molar-refractivity contribution in [3.63, 3.8) is 0 Å². The van der Waals surface area contributed by atoms with E-state index in [1.165, 1.54) is 49.3 Å². The van der Waals surface area contributed by atoms with Crippen LogP contribution in [0.3, 0.4) is 0 Å². The van der Waals surface area contributed by atoms with Crippen LogP contribution in [-0.4, -0.2) is 215 Å². The van der Waals surface area contributed by atoms with Gasteiger partial charge in [-0.2, -0.15) is 0 Å². The number of ether oxygens (including phenoxy) is 1. The third-order valence-corrected chi connectivity index (χ3v) is 25.3. The van der Waals surface area contributed by atoms with Crippen LogP contribution in [-0.2, 0) is 69.6 Å². The molecule has 25 nitrogen and oxygen atoms in total. The smallest absolute Gasteiger partial charge is 0.245 e. The summed E-state index contributed by atoms with van der Waals surface area (Å²) < 4.78 is 5.26. The maximum atomic E-state index is 14.1. The van der Waals surface area contributed by atoms with Gasteiger partial charge in [0, 0.05) is 137 Å². The van der Waals surface area contributed by atoms with Crippen LogP contribution < -0.4 is 4.74 Å². The van der Waals surface area contributed by atoms with E-state index >= 15 is 0 Å². The zero-order valence-electron chi connectivity index (χ0n) is 63.9. The first-order valence-electron chi connectivity index (χ1n) is 39.0. The number of hydrogen-bond acceptors (Lipinski definition) is 13. The van der Waals surface area contributed by atoms with Crippen LogP contribution in [0, 0.1) is 11.8 Å². The van der Waals surface area contributed by atoms with Gasteiger partial charge in [0.2, 0.25) is 64.4 Å². The minimum Gasteiger partial charge on any atom is -0.497 e. The number of fused-ring (bicyclic) bond motifs is 20. The van der Waals surface area contributed by atoms with Gasteiger partial charge in [-0.3, -0.25) is 57.5 Å². The van der Waals surface area contributed by atoms with Crippen LogP contribution in [0.15, 0.2) is 164 Å². The number of carbonyl (C=O) groups excluding carboxylic acids is 12. The lowest BCUT2D eigenvalue weighted by molar-refractivity contribution is -0.160. The van der Waals surface area contributed by atoms with Crippen molar-refractivity contribution in [3.8, 4) is 5.75 Å². The number of rotatable bonds is 6. The maximum Gasteiger partial charge on any atom is 0.245 e. The largest absolute Gasteiger partial charge is 0.497 e. The number of nitrogens with zero attached hydrogens (tertiary/aromatic N) is 8. The van der Waals surface area contributed by atoms with Crippen LogP contribution in [0.4, 0.5) is 0 Å². The van der Waals surface area contributed by atoms with E-state index in [-0.39, 0.29) is 115 Å². The third kappa shape index (κ3) is 11.1. The molecule has 0 bridgehead atoms. The number of likely N-dealkylation sites (N-methyl/N-ethyl adjacent to an activating group) is 4. The molecule has 578 valence electrons. The molecule has 6 aromatic carbocycles. The van der Waals surface area contributed by atoms with Gasteiger partial charge >= 0.3 is 0 Å². The van der Waals surface area contributed by atoms with Crippen molar-refractivity contribution in [2.45, 2.75) is 113 Å². The molecule has 8 amide bonds. The fourth-order valence-corrected chi connectivity index (χ4v) is 20.0. The lowest BCUT2D eigenvalue weighted by Crippen LogP contribution is -2.71. The summed E-state index contributed by atoms with van der Waals surface area (Å²) in [6.45, 7) is 2.22. The third-order valence-electron chi connectivity index (χ3n) is 25.3. The standard InChI is InChI=1S/C24H19N3O5.C24H19N3O4.C21H23N3O2.C20H23N3O2/c1-26-11-19(28)27-18(23(26)31)10-15-13-5-3-4-6-17(13)25-20(15)24(27)21(29)14-8-7-12(32-2)9-16(14)22(24)30;1-26-11-18(28)27-17(24(26)31)10-15-12-6-4-5-9-16(12)25-20(15)21(27)19-22(29)13-7-2-3-8-14(13)23(19)30;1-23-12-18(25)24-17(21(23)26)11-15-14-9-5-6-10-16(14)22-19(15)20(24)13-7-3-2-4-8-13;1-3-4-5-10-16-19-14(13-8-6-7-9-15(13)21-19)11-17-20(25)22(2)12-18(24)23(16)17/h3-9,18,25H,10-11H2,1-2H3;2-9,17,19,21,25H,10-11H2,1H3;2-3,5-6,9-10,13,17,20,22H,4,7-8,11-12H2,1H3;5-10,16-17,21H,3-4,11-12H2,1-2H3/b;;;10-5+/t;17-,21-;13?,17-,20-;16-,17-/m.101/s1. The molecule has 3 unspecified atom stereocenters. The summed E-state index contributed by atoms with van der Waals surface area (Å²) in [5, 5.41) is 4.13. The Bertz CT molecular complexity index is 5880. The molecule has 4 aromatic heterocycles. The number of nitrogens with one attached hydrogen (secondary N) is 4. The average molecular weight is 1530 g/mol. The summed E-state index contributed by atoms with van der Waals surface area (Å²) in [5.41, 5.74) is 10.3. The van der Waals surface area contributed by atoms with Gasteiger partial charge in [-0.05, 0) is 96.3 Å². The lowest BCUT2D eigenvalue weighted by Gasteiger charge is -2.49. The number of para-hydroxylation sites is 4. The van der Waals surface area contributed by atoms with E-state index in [9.17, 15) is 57.5 Å². The van der Waals surface area contributed by atoms with Crippen LogP contribution in [0.25, 0.3) is 43.6 Å². The number of allylic oxidation sites excluding steroid dienone is 3. The van der Waals surface area contributed by atoms with Gasteiger partial charge in [-0.1, -0.05) is 135 Å². The molecule has 21 rings (SSSR count). The van der Waals surface area contributed by atoms with Gasteiger partial charge in [0.05, 0.1) is 57.1 Å². The fraction of sp³-hybridized carbons (Fsp3) is 0.326. The second kappa shape index (κ2) is 27.8. The summed E-state index contributed by atoms with van der Waals surface area (Å²) in [6.07, 6.45) is 15.5. The van der Waals surface area contributed by atoms with Gasteiger partial charge in [0.1, 0.15) is 35.8 Å². The number of piperazine rings is 4. The number of aromatic nitrogens is 4. The molecule has 4 fully saturated rings. The van der Waals surface area contributed by atoms with Gasteiger partial charge < -0.3 is 63.9 Å². The van der Waals surface area contributed by atoms with Crippen molar-refractivity contribution in [2.75, 3.05) is 61.5 Å². The molecular formula is C89H84N12O13.